The molecular weight excluding hydrogens is 186 g/mol. The third-order valence-electron chi connectivity index (χ3n) is 3.79. The molecule has 2 heteroatoms. The Morgan fingerprint density at radius 2 is 1.87 bits per heavy atom. The smallest absolute Gasteiger partial charge is 0.102 e. The van der Waals surface area contributed by atoms with Crippen LogP contribution in [-0.4, -0.2) is 44.4 Å². The molecule has 1 heterocycles. The fourth-order valence-electron chi connectivity index (χ4n) is 2.51. The van der Waals surface area contributed by atoms with Crippen LogP contribution >= 0.6 is 0 Å². The minimum atomic E-state index is 0.924. The van der Waals surface area contributed by atoms with Gasteiger partial charge >= 0.3 is 0 Å². The molecule has 0 radical (unpaired) electrons. The number of likely N-dealkylation sites (N-methyl/N-ethyl adjacent to an activating group) is 1. The Hall–Kier alpha value is -0.0800. The van der Waals surface area contributed by atoms with Crippen molar-refractivity contribution in [3.8, 4) is 0 Å². The minimum absolute atomic E-state index is 0.924. The predicted molar refractivity (Wildman–Crippen MR) is 64.9 cm³/mol. The van der Waals surface area contributed by atoms with Gasteiger partial charge in [0.05, 0.1) is 26.8 Å². The van der Waals surface area contributed by atoms with E-state index in [2.05, 4.69) is 20.9 Å². The number of ether oxygens (including phenoxy) is 1. The van der Waals surface area contributed by atoms with Gasteiger partial charge in [-0.1, -0.05) is 26.7 Å². The summed E-state index contributed by atoms with van der Waals surface area (Å²) in [6.07, 6.45) is 5.49. The minimum Gasteiger partial charge on any atom is -0.370 e. The molecule has 1 aliphatic heterocycles. The van der Waals surface area contributed by atoms with Crippen LogP contribution in [0.25, 0.3) is 0 Å². The van der Waals surface area contributed by atoms with Gasteiger partial charge in [-0.3, -0.25) is 0 Å². The molecule has 0 unspecified atom stereocenters. The van der Waals surface area contributed by atoms with Crippen LogP contribution in [0.5, 0.6) is 0 Å². The van der Waals surface area contributed by atoms with E-state index in [9.17, 15) is 0 Å². The maximum Gasteiger partial charge on any atom is 0.102 e. The molecule has 90 valence electrons. The van der Waals surface area contributed by atoms with Gasteiger partial charge in [0.1, 0.15) is 13.1 Å². The van der Waals surface area contributed by atoms with Gasteiger partial charge in [0, 0.05) is 5.92 Å². The largest absolute Gasteiger partial charge is 0.370 e. The van der Waals surface area contributed by atoms with Crippen LogP contribution in [0.15, 0.2) is 0 Å². The van der Waals surface area contributed by atoms with E-state index in [-0.39, 0.29) is 0 Å². The summed E-state index contributed by atoms with van der Waals surface area (Å²) in [5.74, 6) is 0.924. The summed E-state index contributed by atoms with van der Waals surface area (Å²) < 4.78 is 6.68. The van der Waals surface area contributed by atoms with Crippen molar-refractivity contribution >= 4 is 0 Å². The molecule has 1 aliphatic rings. The van der Waals surface area contributed by atoms with Gasteiger partial charge < -0.3 is 9.22 Å². The van der Waals surface area contributed by atoms with Crippen molar-refractivity contribution in [1.29, 1.82) is 0 Å². The topological polar surface area (TPSA) is 9.23 Å². The van der Waals surface area contributed by atoms with Gasteiger partial charge in [0.2, 0.25) is 0 Å². The zero-order valence-corrected chi connectivity index (χ0v) is 10.8. The van der Waals surface area contributed by atoms with E-state index in [0.717, 1.165) is 19.1 Å². The number of hydrogen-bond donors (Lipinski definition) is 0. The fraction of sp³-hybridized carbons (Fsp3) is 1.00. The molecule has 0 aromatic rings. The number of quaternary nitrogens is 1. The predicted octanol–water partition coefficient (Wildman–Crippen LogP) is 2.68. The van der Waals surface area contributed by atoms with Crippen molar-refractivity contribution in [1.82, 2.24) is 0 Å². The summed E-state index contributed by atoms with van der Waals surface area (Å²) in [5.41, 5.74) is 0. The lowest BCUT2D eigenvalue weighted by molar-refractivity contribution is -0.920. The number of hydrogen-bond acceptors (Lipinski definition) is 1. The van der Waals surface area contributed by atoms with E-state index >= 15 is 0 Å². The third-order valence-corrected chi connectivity index (χ3v) is 3.79. The Labute approximate surface area is 95.2 Å². The van der Waals surface area contributed by atoms with E-state index in [0.29, 0.717) is 0 Å². The normalized spacial score (nSPS) is 22.6. The second-order valence-corrected chi connectivity index (χ2v) is 5.28. The number of rotatable bonds is 6. The molecule has 0 aromatic heterocycles. The number of nitrogens with zero attached hydrogens (tertiary/aromatic N) is 1. The Bertz CT molecular complexity index is 164. The summed E-state index contributed by atoms with van der Waals surface area (Å²) in [6, 6.07) is 0. The Balaban J connectivity index is 2.34. The Morgan fingerprint density at radius 1 is 1.20 bits per heavy atom. The number of unbranched alkanes of at least 4 members (excludes halogenated alkanes) is 1. The molecular formula is C13H28NO+. The monoisotopic (exact) mass is 214 g/mol. The van der Waals surface area contributed by atoms with E-state index in [1.165, 1.54) is 49.8 Å². The molecule has 1 fully saturated rings. The van der Waals surface area contributed by atoms with Gasteiger partial charge in [-0.25, -0.2) is 0 Å². The molecule has 0 saturated carbocycles. The molecule has 0 bridgehead atoms. The maximum atomic E-state index is 5.45. The van der Waals surface area contributed by atoms with Crippen LogP contribution in [0.1, 0.15) is 39.5 Å². The average molecular weight is 214 g/mol. The van der Waals surface area contributed by atoms with Crippen LogP contribution in [0.4, 0.5) is 0 Å². The van der Waals surface area contributed by atoms with Gasteiger partial charge in [-0.2, -0.15) is 0 Å². The van der Waals surface area contributed by atoms with E-state index in [4.69, 9.17) is 4.74 Å². The SMILES string of the molecule is CCCC[C@@H](CC)C[N+]1(C)CCOCC1. The number of morpholine rings is 1. The molecule has 0 aliphatic carbocycles. The first-order valence-corrected chi connectivity index (χ1v) is 6.61. The highest BCUT2D eigenvalue weighted by Crippen LogP contribution is 2.19. The molecule has 2 nitrogen and oxygen atoms in total. The van der Waals surface area contributed by atoms with Crippen molar-refractivity contribution in [2.75, 3.05) is 39.9 Å². The zero-order valence-electron chi connectivity index (χ0n) is 10.8. The van der Waals surface area contributed by atoms with Crippen LogP contribution in [0.2, 0.25) is 0 Å². The molecule has 15 heavy (non-hydrogen) atoms. The van der Waals surface area contributed by atoms with Gasteiger partial charge in [0.25, 0.3) is 0 Å². The average Bonchev–Trinajstić information content (AvgIpc) is 2.25. The first kappa shape index (κ1) is 13.0. The Kier molecular flexibility index (Phi) is 5.62. The summed E-state index contributed by atoms with van der Waals surface area (Å²) in [6.45, 7) is 10.3. The quantitative estimate of drug-likeness (QED) is 0.618. The summed E-state index contributed by atoms with van der Waals surface area (Å²) >= 11 is 0. The second-order valence-electron chi connectivity index (χ2n) is 5.28. The van der Waals surface area contributed by atoms with E-state index in [1.807, 2.05) is 0 Å². The summed E-state index contributed by atoms with van der Waals surface area (Å²) in [7, 11) is 2.40. The third kappa shape index (κ3) is 4.52. The van der Waals surface area contributed by atoms with Crippen LogP contribution in [0.3, 0.4) is 0 Å². The van der Waals surface area contributed by atoms with Crippen molar-refractivity contribution in [3.05, 3.63) is 0 Å². The maximum absolute atomic E-state index is 5.45. The van der Waals surface area contributed by atoms with Gasteiger partial charge in [-0.15, -0.1) is 0 Å². The summed E-state index contributed by atoms with van der Waals surface area (Å²) in [5, 5.41) is 0. The van der Waals surface area contributed by atoms with Crippen LogP contribution in [0, 0.1) is 5.92 Å². The van der Waals surface area contributed by atoms with E-state index < -0.39 is 0 Å². The highest BCUT2D eigenvalue weighted by molar-refractivity contribution is 4.58. The lowest BCUT2D eigenvalue weighted by Gasteiger charge is -2.40. The van der Waals surface area contributed by atoms with Crippen LogP contribution in [-0.2, 0) is 4.74 Å². The standard InChI is InChI=1S/C13H28NO/c1-4-6-7-13(5-2)12-14(3)8-10-15-11-9-14/h13H,4-12H2,1-3H3/q+1/t13-/m1/s1. The molecule has 0 amide bonds. The highest BCUT2D eigenvalue weighted by Gasteiger charge is 2.27. The van der Waals surface area contributed by atoms with Crippen molar-refractivity contribution in [2.24, 2.45) is 5.92 Å². The highest BCUT2D eigenvalue weighted by atomic mass is 16.5. The molecule has 1 rings (SSSR count). The molecule has 0 spiro atoms. The van der Waals surface area contributed by atoms with E-state index in [1.54, 1.807) is 0 Å². The molecule has 0 aromatic carbocycles. The lowest BCUT2D eigenvalue weighted by atomic mass is 9.97. The molecule has 0 N–H and O–H groups in total. The van der Waals surface area contributed by atoms with Gasteiger partial charge in [-0.05, 0) is 12.8 Å². The first-order valence-electron chi connectivity index (χ1n) is 6.61. The van der Waals surface area contributed by atoms with Crippen molar-refractivity contribution in [2.45, 2.75) is 39.5 Å². The van der Waals surface area contributed by atoms with Crippen molar-refractivity contribution < 1.29 is 9.22 Å². The summed E-state index contributed by atoms with van der Waals surface area (Å²) in [4.78, 5) is 0. The first-order chi connectivity index (χ1) is 7.20. The molecule has 1 saturated heterocycles. The van der Waals surface area contributed by atoms with Crippen molar-refractivity contribution in [3.63, 3.8) is 0 Å². The zero-order chi connectivity index (χ0) is 11.1. The second kappa shape index (κ2) is 6.49. The van der Waals surface area contributed by atoms with Gasteiger partial charge in [0.15, 0.2) is 0 Å². The molecule has 1 atom stereocenters. The Morgan fingerprint density at radius 3 is 2.40 bits per heavy atom. The van der Waals surface area contributed by atoms with Crippen LogP contribution < -0.4 is 0 Å². The lowest BCUT2D eigenvalue weighted by Crippen LogP contribution is -2.54. The fourth-order valence-corrected chi connectivity index (χ4v) is 2.51.